The molecule has 0 unspecified atom stereocenters. The Hall–Kier alpha value is -1.51. The van der Waals surface area contributed by atoms with Crippen LogP contribution in [0, 0.1) is 0 Å². The van der Waals surface area contributed by atoms with Gasteiger partial charge in [0.15, 0.2) is 0 Å². The Morgan fingerprint density at radius 3 is 2.43 bits per heavy atom. The van der Waals surface area contributed by atoms with Crippen LogP contribution >= 0.6 is 0 Å². The van der Waals surface area contributed by atoms with Crippen molar-refractivity contribution in [3.8, 4) is 5.75 Å². The van der Waals surface area contributed by atoms with Gasteiger partial charge < -0.3 is 9.84 Å². The highest BCUT2D eigenvalue weighted by Crippen LogP contribution is 2.31. The summed E-state index contributed by atoms with van der Waals surface area (Å²) in [5.74, 6) is -0.248. The van der Waals surface area contributed by atoms with Crippen LogP contribution < -0.4 is 4.74 Å². The third-order valence-corrected chi connectivity index (χ3v) is 2.31. The summed E-state index contributed by atoms with van der Waals surface area (Å²) in [5, 5.41) is 9.06. The van der Waals surface area contributed by atoms with E-state index in [-0.39, 0.29) is 0 Å². The first-order valence-electron chi connectivity index (χ1n) is 4.37. The molecular formula is C11H14O3. The van der Waals surface area contributed by atoms with Gasteiger partial charge in [-0.05, 0) is 19.9 Å². The molecule has 14 heavy (non-hydrogen) atoms. The SMILES string of the molecule is COc1ccccc1C(C)(C)C(=O)O. The summed E-state index contributed by atoms with van der Waals surface area (Å²) in [7, 11) is 1.54. The smallest absolute Gasteiger partial charge is 0.313 e. The lowest BCUT2D eigenvalue weighted by Gasteiger charge is -2.21. The minimum absolute atomic E-state index is 0.611. The zero-order valence-electron chi connectivity index (χ0n) is 8.57. The fraction of sp³-hybridized carbons (Fsp3) is 0.364. The Bertz CT molecular complexity index is 342. The number of benzene rings is 1. The van der Waals surface area contributed by atoms with Gasteiger partial charge in [-0.25, -0.2) is 0 Å². The minimum Gasteiger partial charge on any atom is -0.496 e. The van der Waals surface area contributed by atoms with Crippen molar-refractivity contribution >= 4 is 5.97 Å². The van der Waals surface area contributed by atoms with Crippen molar-refractivity contribution in [1.82, 2.24) is 0 Å². The Kier molecular flexibility index (Phi) is 2.79. The lowest BCUT2D eigenvalue weighted by atomic mass is 9.84. The minimum atomic E-state index is -0.924. The summed E-state index contributed by atoms with van der Waals surface area (Å²) in [5.41, 5.74) is -0.234. The van der Waals surface area contributed by atoms with Gasteiger partial charge in [-0.3, -0.25) is 4.79 Å². The first kappa shape index (κ1) is 10.6. The van der Waals surface area contributed by atoms with Crippen LogP contribution in [0.15, 0.2) is 24.3 Å². The topological polar surface area (TPSA) is 46.5 Å². The number of carbonyl (C=O) groups is 1. The zero-order valence-corrected chi connectivity index (χ0v) is 8.57. The highest BCUT2D eigenvalue weighted by Gasteiger charge is 2.31. The molecule has 0 aliphatic carbocycles. The van der Waals surface area contributed by atoms with Gasteiger partial charge in [0.1, 0.15) is 5.75 Å². The van der Waals surface area contributed by atoms with E-state index in [2.05, 4.69) is 0 Å². The second-order valence-corrected chi connectivity index (χ2v) is 3.63. The van der Waals surface area contributed by atoms with Crippen LogP contribution in [0.4, 0.5) is 0 Å². The molecule has 0 radical (unpaired) electrons. The van der Waals surface area contributed by atoms with Crippen molar-refractivity contribution in [1.29, 1.82) is 0 Å². The zero-order chi connectivity index (χ0) is 10.8. The molecule has 0 aromatic heterocycles. The van der Waals surface area contributed by atoms with Crippen molar-refractivity contribution in [2.45, 2.75) is 19.3 Å². The van der Waals surface area contributed by atoms with Crippen LogP contribution in [0.2, 0.25) is 0 Å². The molecule has 0 amide bonds. The van der Waals surface area contributed by atoms with Crippen LogP contribution in [0.1, 0.15) is 19.4 Å². The molecule has 0 spiro atoms. The number of ether oxygens (including phenoxy) is 1. The van der Waals surface area contributed by atoms with Gasteiger partial charge in [-0.2, -0.15) is 0 Å². The molecule has 76 valence electrons. The molecule has 0 fully saturated rings. The monoisotopic (exact) mass is 194 g/mol. The molecule has 1 aromatic carbocycles. The maximum atomic E-state index is 11.0. The molecule has 0 aliphatic heterocycles. The first-order valence-corrected chi connectivity index (χ1v) is 4.37. The molecule has 1 N–H and O–H groups in total. The summed E-state index contributed by atoms with van der Waals surface area (Å²) in [6.07, 6.45) is 0. The predicted molar refractivity (Wildman–Crippen MR) is 53.7 cm³/mol. The number of hydrogen-bond acceptors (Lipinski definition) is 2. The summed E-state index contributed by atoms with van der Waals surface area (Å²) in [6.45, 7) is 3.32. The van der Waals surface area contributed by atoms with E-state index in [0.29, 0.717) is 11.3 Å². The number of hydrogen-bond donors (Lipinski definition) is 1. The fourth-order valence-corrected chi connectivity index (χ4v) is 1.28. The maximum Gasteiger partial charge on any atom is 0.313 e. The number of rotatable bonds is 3. The highest BCUT2D eigenvalue weighted by atomic mass is 16.5. The Morgan fingerprint density at radius 1 is 1.36 bits per heavy atom. The molecule has 0 aliphatic rings. The van der Waals surface area contributed by atoms with Crippen molar-refractivity contribution < 1.29 is 14.6 Å². The maximum absolute atomic E-state index is 11.0. The number of methoxy groups -OCH3 is 1. The van der Waals surface area contributed by atoms with Crippen LogP contribution in [-0.4, -0.2) is 18.2 Å². The largest absolute Gasteiger partial charge is 0.496 e. The Morgan fingerprint density at radius 2 is 1.93 bits per heavy atom. The van der Waals surface area contributed by atoms with Crippen LogP contribution in [0.5, 0.6) is 5.75 Å². The average Bonchev–Trinajstić information content (AvgIpc) is 2.17. The molecule has 3 nitrogen and oxygen atoms in total. The van der Waals surface area contributed by atoms with Crippen LogP contribution in [0.25, 0.3) is 0 Å². The second kappa shape index (κ2) is 3.70. The molecule has 0 heterocycles. The number of para-hydroxylation sites is 1. The predicted octanol–water partition coefficient (Wildman–Crippen LogP) is 2.06. The van der Waals surface area contributed by atoms with Gasteiger partial charge in [-0.15, -0.1) is 0 Å². The fourth-order valence-electron chi connectivity index (χ4n) is 1.28. The van der Waals surface area contributed by atoms with E-state index in [1.807, 2.05) is 12.1 Å². The van der Waals surface area contributed by atoms with E-state index in [4.69, 9.17) is 9.84 Å². The van der Waals surface area contributed by atoms with E-state index in [1.54, 1.807) is 26.0 Å². The Labute approximate surface area is 83.3 Å². The summed E-state index contributed by atoms with van der Waals surface area (Å²) in [4.78, 5) is 11.0. The molecule has 0 saturated carbocycles. The quantitative estimate of drug-likeness (QED) is 0.801. The number of carboxylic acids is 1. The van der Waals surface area contributed by atoms with Gasteiger partial charge in [0.25, 0.3) is 0 Å². The molecular weight excluding hydrogens is 180 g/mol. The van der Waals surface area contributed by atoms with Gasteiger partial charge in [0.05, 0.1) is 12.5 Å². The van der Waals surface area contributed by atoms with Gasteiger partial charge in [0, 0.05) is 5.56 Å². The van der Waals surface area contributed by atoms with Crippen molar-refractivity contribution in [2.24, 2.45) is 0 Å². The molecule has 3 heteroatoms. The van der Waals surface area contributed by atoms with Crippen molar-refractivity contribution in [2.75, 3.05) is 7.11 Å². The summed E-state index contributed by atoms with van der Waals surface area (Å²) < 4.78 is 5.12. The third-order valence-electron chi connectivity index (χ3n) is 2.31. The van der Waals surface area contributed by atoms with Gasteiger partial charge in [-0.1, -0.05) is 18.2 Å². The Balaban J connectivity index is 3.24. The molecule has 1 aromatic rings. The summed E-state index contributed by atoms with van der Waals surface area (Å²) in [6, 6.07) is 7.16. The lowest BCUT2D eigenvalue weighted by molar-refractivity contribution is -0.142. The summed E-state index contributed by atoms with van der Waals surface area (Å²) >= 11 is 0. The van der Waals surface area contributed by atoms with Crippen molar-refractivity contribution in [3.63, 3.8) is 0 Å². The first-order chi connectivity index (χ1) is 6.50. The number of carboxylic acid groups (broad SMARTS) is 1. The number of aliphatic carboxylic acids is 1. The average molecular weight is 194 g/mol. The third kappa shape index (κ3) is 1.71. The lowest BCUT2D eigenvalue weighted by Crippen LogP contribution is -2.28. The molecule has 0 bridgehead atoms. The molecule has 0 atom stereocenters. The second-order valence-electron chi connectivity index (χ2n) is 3.63. The van der Waals surface area contributed by atoms with Crippen molar-refractivity contribution in [3.05, 3.63) is 29.8 Å². The van der Waals surface area contributed by atoms with E-state index in [0.717, 1.165) is 0 Å². The van der Waals surface area contributed by atoms with E-state index >= 15 is 0 Å². The van der Waals surface area contributed by atoms with Gasteiger partial charge in [0.2, 0.25) is 0 Å². The van der Waals surface area contributed by atoms with Crippen LogP contribution in [-0.2, 0) is 10.2 Å². The van der Waals surface area contributed by atoms with E-state index in [9.17, 15) is 4.79 Å². The van der Waals surface area contributed by atoms with Gasteiger partial charge >= 0.3 is 5.97 Å². The molecule has 0 saturated heterocycles. The highest BCUT2D eigenvalue weighted by molar-refractivity contribution is 5.81. The van der Waals surface area contributed by atoms with E-state index in [1.165, 1.54) is 7.11 Å². The normalized spacial score (nSPS) is 11.1. The standard InChI is InChI=1S/C11H14O3/c1-11(2,10(12)13)8-6-4-5-7-9(8)14-3/h4-7H,1-3H3,(H,12,13). The van der Waals surface area contributed by atoms with E-state index < -0.39 is 11.4 Å². The van der Waals surface area contributed by atoms with Crippen LogP contribution in [0.3, 0.4) is 0 Å². The molecule has 1 rings (SSSR count).